The molecular formula is C6H7ClO3. The van der Waals surface area contributed by atoms with Crippen molar-refractivity contribution in [2.45, 2.75) is 6.10 Å². The van der Waals surface area contributed by atoms with E-state index in [2.05, 4.69) is 11.3 Å². The van der Waals surface area contributed by atoms with Crippen LogP contribution in [-0.2, 0) is 14.3 Å². The lowest BCUT2D eigenvalue weighted by atomic mass is 10.5. The van der Waals surface area contributed by atoms with Gasteiger partial charge in [0.25, 0.3) is 0 Å². The number of ether oxygens (including phenoxy) is 2. The number of halogens is 1. The van der Waals surface area contributed by atoms with Crippen molar-refractivity contribution in [2.24, 2.45) is 0 Å². The van der Waals surface area contributed by atoms with Gasteiger partial charge in [0.1, 0.15) is 17.7 Å². The molecule has 0 aromatic rings. The maximum atomic E-state index is 10.6. The van der Waals surface area contributed by atoms with E-state index in [0.29, 0.717) is 6.61 Å². The zero-order valence-electron chi connectivity index (χ0n) is 5.30. The SMILES string of the molecule is C=C(Cl)C(=O)OCC1CO1. The fourth-order valence-corrected chi connectivity index (χ4v) is 0.466. The average Bonchev–Trinajstić information content (AvgIpc) is 2.64. The van der Waals surface area contributed by atoms with Crippen LogP contribution in [-0.4, -0.2) is 25.3 Å². The monoisotopic (exact) mass is 162 g/mol. The first-order chi connectivity index (χ1) is 4.70. The first-order valence-electron chi connectivity index (χ1n) is 2.83. The summed E-state index contributed by atoms with van der Waals surface area (Å²) in [6, 6.07) is 0. The van der Waals surface area contributed by atoms with Gasteiger partial charge < -0.3 is 9.47 Å². The Bertz CT molecular complexity index is 162. The summed E-state index contributed by atoms with van der Waals surface area (Å²) >= 11 is 5.22. The fourth-order valence-electron chi connectivity index (χ4n) is 0.411. The van der Waals surface area contributed by atoms with Crippen molar-refractivity contribution in [1.29, 1.82) is 0 Å². The van der Waals surface area contributed by atoms with Gasteiger partial charge in [0.2, 0.25) is 0 Å². The lowest BCUT2D eigenvalue weighted by Gasteiger charge is -1.98. The molecule has 1 aliphatic heterocycles. The van der Waals surface area contributed by atoms with Crippen LogP contribution in [0.25, 0.3) is 0 Å². The Hall–Kier alpha value is -0.540. The minimum absolute atomic E-state index is 0.0833. The Kier molecular flexibility index (Phi) is 2.29. The number of rotatable bonds is 3. The fraction of sp³-hybridized carbons (Fsp3) is 0.500. The van der Waals surface area contributed by atoms with Crippen LogP contribution in [0.5, 0.6) is 0 Å². The lowest BCUT2D eigenvalue weighted by molar-refractivity contribution is -0.138. The molecule has 1 rings (SSSR count). The molecule has 1 fully saturated rings. The van der Waals surface area contributed by atoms with E-state index in [1.807, 2.05) is 0 Å². The van der Waals surface area contributed by atoms with Crippen LogP contribution in [0.15, 0.2) is 11.6 Å². The average molecular weight is 163 g/mol. The van der Waals surface area contributed by atoms with E-state index in [1.54, 1.807) is 0 Å². The van der Waals surface area contributed by atoms with Gasteiger partial charge in [0.15, 0.2) is 0 Å². The van der Waals surface area contributed by atoms with Crippen LogP contribution in [0.1, 0.15) is 0 Å². The van der Waals surface area contributed by atoms with Gasteiger partial charge >= 0.3 is 5.97 Å². The number of hydrogen-bond donors (Lipinski definition) is 0. The smallest absolute Gasteiger partial charge is 0.349 e. The number of carbonyl (C=O) groups excluding carboxylic acids is 1. The van der Waals surface area contributed by atoms with E-state index in [1.165, 1.54) is 0 Å². The summed E-state index contributed by atoms with van der Waals surface area (Å²) in [5, 5.41) is -0.0966. The molecule has 0 bridgehead atoms. The van der Waals surface area contributed by atoms with Crippen molar-refractivity contribution in [3.8, 4) is 0 Å². The molecule has 0 radical (unpaired) electrons. The van der Waals surface area contributed by atoms with Crippen LogP contribution in [0.3, 0.4) is 0 Å². The Labute approximate surface area is 63.6 Å². The molecule has 1 atom stereocenters. The molecule has 0 aromatic carbocycles. The van der Waals surface area contributed by atoms with Crippen LogP contribution in [0.4, 0.5) is 0 Å². The number of epoxide rings is 1. The summed E-state index contributed by atoms with van der Waals surface area (Å²) in [4.78, 5) is 10.6. The van der Waals surface area contributed by atoms with Crippen molar-refractivity contribution >= 4 is 17.6 Å². The molecule has 1 saturated heterocycles. The van der Waals surface area contributed by atoms with E-state index < -0.39 is 5.97 Å². The number of hydrogen-bond acceptors (Lipinski definition) is 3. The standard InChI is InChI=1S/C6H7ClO3/c1-4(7)6(8)10-3-5-2-9-5/h5H,1-3H2. The minimum atomic E-state index is -0.572. The molecule has 0 spiro atoms. The third-order valence-corrected chi connectivity index (χ3v) is 1.18. The minimum Gasteiger partial charge on any atom is -0.459 e. The van der Waals surface area contributed by atoms with Crippen LogP contribution in [0, 0.1) is 0 Å². The second-order valence-electron chi connectivity index (χ2n) is 1.96. The summed E-state index contributed by atoms with van der Waals surface area (Å²) < 4.78 is 9.42. The molecule has 1 heterocycles. The van der Waals surface area contributed by atoms with Crippen molar-refractivity contribution in [2.75, 3.05) is 13.2 Å². The van der Waals surface area contributed by atoms with Gasteiger partial charge in [0, 0.05) is 0 Å². The molecule has 1 aliphatic rings. The predicted octanol–water partition coefficient (Wildman–Crippen LogP) is 0.681. The van der Waals surface area contributed by atoms with E-state index in [0.717, 1.165) is 0 Å². The summed E-state index contributed by atoms with van der Waals surface area (Å²) in [6.07, 6.45) is 0.0833. The van der Waals surface area contributed by atoms with Gasteiger partial charge in [-0.15, -0.1) is 0 Å². The lowest BCUT2D eigenvalue weighted by Crippen LogP contribution is -2.08. The summed E-state index contributed by atoms with van der Waals surface area (Å²) in [6.45, 7) is 4.15. The predicted molar refractivity (Wildman–Crippen MR) is 35.7 cm³/mol. The van der Waals surface area contributed by atoms with Crippen LogP contribution < -0.4 is 0 Å². The quantitative estimate of drug-likeness (QED) is 0.348. The molecular weight excluding hydrogens is 156 g/mol. The second kappa shape index (κ2) is 3.03. The Morgan fingerprint density at radius 2 is 2.50 bits per heavy atom. The van der Waals surface area contributed by atoms with Crippen LogP contribution >= 0.6 is 11.6 Å². The molecule has 56 valence electrons. The summed E-state index contributed by atoms with van der Waals surface area (Å²) in [5.41, 5.74) is 0. The number of esters is 1. The highest BCUT2D eigenvalue weighted by Gasteiger charge is 2.24. The van der Waals surface area contributed by atoms with Gasteiger partial charge in [-0.1, -0.05) is 18.2 Å². The van der Waals surface area contributed by atoms with E-state index in [4.69, 9.17) is 16.3 Å². The molecule has 4 heteroatoms. The Morgan fingerprint density at radius 3 is 2.90 bits per heavy atom. The number of carbonyl (C=O) groups is 1. The Morgan fingerprint density at radius 1 is 1.90 bits per heavy atom. The van der Waals surface area contributed by atoms with Gasteiger partial charge in [-0.2, -0.15) is 0 Å². The first kappa shape index (κ1) is 7.57. The van der Waals surface area contributed by atoms with Gasteiger partial charge in [0.05, 0.1) is 6.61 Å². The van der Waals surface area contributed by atoms with E-state index in [9.17, 15) is 4.79 Å². The topological polar surface area (TPSA) is 38.8 Å². The molecule has 0 aromatic heterocycles. The van der Waals surface area contributed by atoms with Crippen LogP contribution in [0.2, 0.25) is 0 Å². The van der Waals surface area contributed by atoms with Crippen molar-refractivity contribution in [3.63, 3.8) is 0 Å². The maximum absolute atomic E-state index is 10.6. The third-order valence-electron chi connectivity index (χ3n) is 1.02. The summed E-state index contributed by atoms with van der Waals surface area (Å²) in [5.74, 6) is -0.572. The Balaban J connectivity index is 2.11. The highest BCUT2D eigenvalue weighted by Crippen LogP contribution is 2.10. The van der Waals surface area contributed by atoms with Crippen molar-refractivity contribution in [3.05, 3.63) is 11.6 Å². The van der Waals surface area contributed by atoms with Gasteiger partial charge in [-0.05, 0) is 0 Å². The van der Waals surface area contributed by atoms with Gasteiger partial charge in [-0.3, -0.25) is 0 Å². The van der Waals surface area contributed by atoms with E-state index in [-0.39, 0.29) is 17.7 Å². The molecule has 0 N–H and O–H groups in total. The normalized spacial score (nSPS) is 21.9. The van der Waals surface area contributed by atoms with Crippen molar-refractivity contribution < 1.29 is 14.3 Å². The van der Waals surface area contributed by atoms with Gasteiger partial charge in [-0.25, -0.2) is 4.79 Å². The largest absolute Gasteiger partial charge is 0.459 e. The highest BCUT2D eigenvalue weighted by molar-refractivity contribution is 6.40. The second-order valence-corrected chi connectivity index (χ2v) is 2.41. The van der Waals surface area contributed by atoms with E-state index >= 15 is 0 Å². The first-order valence-corrected chi connectivity index (χ1v) is 3.21. The highest BCUT2D eigenvalue weighted by atomic mass is 35.5. The molecule has 0 aliphatic carbocycles. The van der Waals surface area contributed by atoms with Crippen molar-refractivity contribution in [1.82, 2.24) is 0 Å². The third kappa shape index (κ3) is 2.37. The zero-order chi connectivity index (χ0) is 7.56. The molecule has 3 nitrogen and oxygen atoms in total. The molecule has 0 amide bonds. The maximum Gasteiger partial charge on any atom is 0.349 e. The molecule has 0 saturated carbocycles. The summed E-state index contributed by atoms with van der Waals surface area (Å²) in [7, 11) is 0. The molecule has 10 heavy (non-hydrogen) atoms. The molecule has 1 unspecified atom stereocenters. The zero-order valence-corrected chi connectivity index (χ0v) is 6.06.